The van der Waals surface area contributed by atoms with Gasteiger partial charge in [0.15, 0.2) is 5.71 Å². The average molecular weight is 195 g/mol. The molecular weight excluding hydrogens is 183 g/mol. The molecule has 0 aromatic rings. The van der Waals surface area contributed by atoms with Crippen LogP contribution in [-0.4, -0.2) is 25.5 Å². The Morgan fingerprint density at radius 2 is 2.00 bits per heavy atom. The maximum Gasteiger partial charge on any atom is 0.436 e. The van der Waals surface area contributed by atoms with Crippen molar-refractivity contribution in [3.63, 3.8) is 0 Å². The van der Waals surface area contributed by atoms with Crippen LogP contribution in [0.5, 0.6) is 0 Å². The number of rotatable bonds is 3. The molecule has 2 nitrogen and oxygen atoms in total. The number of methoxy groups -OCH3 is 1. The predicted octanol–water partition coefficient (Wildman–Crippen LogP) is 2.56. The summed E-state index contributed by atoms with van der Waals surface area (Å²) in [6, 6.07) is 0. The Morgan fingerprint density at radius 1 is 1.46 bits per heavy atom. The minimum atomic E-state index is -4.45. The van der Waals surface area contributed by atoms with Gasteiger partial charge in [0.25, 0.3) is 0 Å². The van der Waals surface area contributed by atoms with Crippen LogP contribution in [0.3, 0.4) is 0 Å². The molecule has 0 aliphatic heterocycles. The Labute approximate surface area is 75.1 Å². The van der Waals surface area contributed by atoms with Gasteiger partial charge in [-0.05, 0) is 19.9 Å². The van der Waals surface area contributed by atoms with Crippen molar-refractivity contribution in [3.05, 3.63) is 11.8 Å². The van der Waals surface area contributed by atoms with E-state index in [4.69, 9.17) is 0 Å². The topological polar surface area (TPSA) is 21.6 Å². The fraction of sp³-hybridized carbons (Fsp3) is 0.625. The van der Waals surface area contributed by atoms with Gasteiger partial charge < -0.3 is 4.74 Å². The van der Waals surface area contributed by atoms with Gasteiger partial charge in [0.05, 0.1) is 7.11 Å². The molecule has 0 bridgehead atoms. The number of halogens is 3. The highest BCUT2D eigenvalue weighted by molar-refractivity contribution is 6.02. The summed E-state index contributed by atoms with van der Waals surface area (Å²) in [4.78, 5) is 3.34. The van der Waals surface area contributed by atoms with Crippen LogP contribution in [0.1, 0.15) is 13.8 Å². The van der Waals surface area contributed by atoms with E-state index in [9.17, 15) is 13.2 Å². The van der Waals surface area contributed by atoms with Crippen molar-refractivity contribution in [3.8, 4) is 0 Å². The molecule has 0 rings (SSSR count). The Balaban J connectivity index is 4.94. The molecule has 0 atom stereocenters. The first-order chi connectivity index (χ1) is 5.97. The summed E-state index contributed by atoms with van der Waals surface area (Å²) in [7, 11) is 1.19. The van der Waals surface area contributed by atoms with Crippen molar-refractivity contribution in [2.75, 3.05) is 13.7 Å². The maximum absolute atomic E-state index is 12.3. The zero-order valence-electron chi connectivity index (χ0n) is 7.77. The van der Waals surface area contributed by atoms with E-state index in [1.807, 2.05) is 0 Å². The summed E-state index contributed by atoms with van der Waals surface area (Å²) in [5.41, 5.74) is -0.958. The fourth-order valence-electron chi connectivity index (χ4n) is 0.817. The lowest BCUT2D eigenvalue weighted by Crippen LogP contribution is -2.26. The van der Waals surface area contributed by atoms with Gasteiger partial charge in [-0.3, -0.25) is 4.99 Å². The van der Waals surface area contributed by atoms with E-state index in [0.717, 1.165) is 0 Å². The van der Waals surface area contributed by atoms with Gasteiger partial charge in [-0.2, -0.15) is 13.2 Å². The third-order valence-corrected chi connectivity index (χ3v) is 1.30. The molecular formula is C8H12F3NO. The predicted molar refractivity (Wildman–Crippen MR) is 44.8 cm³/mol. The first-order valence-corrected chi connectivity index (χ1v) is 3.79. The van der Waals surface area contributed by atoms with Crippen molar-refractivity contribution in [2.24, 2.45) is 4.99 Å². The molecule has 0 aromatic carbocycles. The maximum atomic E-state index is 12.3. The van der Waals surface area contributed by atoms with Crippen molar-refractivity contribution in [1.29, 1.82) is 0 Å². The summed E-state index contributed by atoms with van der Waals surface area (Å²) in [5.74, 6) is -0.241. The summed E-state index contributed by atoms with van der Waals surface area (Å²) >= 11 is 0. The van der Waals surface area contributed by atoms with E-state index in [1.165, 1.54) is 27.0 Å². The smallest absolute Gasteiger partial charge is 0.436 e. The van der Waals surface area contributed by atoms with Gasteiger partial charge in [0.2, 0.25) is 0 Å². The molecule has 13 heavy (non-hydrogen) atoms. The molecule has 0 radical (unpaired) electrons. The van der Waals surface area contributed by atoms with Crippen LogP contribution >= 0.6 is 0 Å². The van der Waals surface area contributed by atoms with Crippen molar-refractivity contribution in [1.82, 2.24) is 0 Å². The first kappa shape index (κ1) is 12.0. The Hall–Kier alpha value is -1.00. The number of allylic oxidation sites excluding steroid dienone is 2. The lowest BCUT2D eigenvalue weighted by molar-refractivity contribution is -0.0604. The van der Waals surface area contributed by atoms with Gasteiger partial charge in [-0.25, -0.2) is 0 Å². The van der Waals surface area contributed by atoms with E-state index in [2.05, 4.69) is 9.73 Å². The summed E-state index contributed by atoms with van der Waals surface area (Å²) in [6.07, 6.45) is -3.21. The minimum absolute atomic E-state index is 0.0789. The van der Waals surface area contributed by atoms with Gasteiger partial charge in [0, 0.05) is 6.54 Å². The highest BCUT2D eigenvalue weighted by Crippen LogP contribution is 2.22. The lowest BCUT2D eigenvalue weighted by atomic mass is 10.3. The zero-order chi connectivity index (χ0) is 10.5. The summed E-state index contributed by atoms with van der Waals surface area (Å²) in [6.45, 7) is 3.08. The highest BCUT2D eigenvalue weighted by atomic mass is 19.4. The highest BCUT2D eigenvalue weighted by Gasteiger charge is 2.38. The minimum Gasteiger partial charge on any atom is -0.495 e. The van der Waals surface area contributed by atoms with Crippen LogP contribution in [0.2, 0.25) is 0 Å². The lowest BCUT2D eigenvalue weighted by Gasteiger charge is -2.12. The third kappa shape index (κ3) is 3.48. The molecule has 0 fully saturated rings. The largest absolute Gasteiger partial charge is 0.495 e. The van der Waals surface area contributed by atoms with Gasteiger partial charge >= 0.3 is 6.18 Å². The normalized spacial score (nSPS) is 14.6. The molecule has 0 amide bonds. The molecule has 0 aliphatic carbocycles. The van der Waals surface area contributed by atoms with Crippen LogP contribution in [0.25, 0.3) is 0 Å². The summed E-state index contributed by atoms with van der Waals surface area (Å²) in [5, 5.41) is 0. The molecule has 0 aliphatic rings. The molecule has 0 unspecified atom stereocenters. The third-order valence-electron chi connectivity index (χ3n) is 1.30. The number of nitrogens with zero attached hydrogens (tertiary/aromatic N) is 1. The molecule has 0 spiro atoms. The van der Waals surface area contributed by atoms with E-state index < -0.39 is 11.9 Å². The molecule has 0 heterocycles. The zero-order valence-corrected chi connectivity index (χ0v) is 7.77. The van der Waals surface area contributed by atoms with Crippen LogP contribution in [0.15, 0.2) is 16.8 Å². The second-order valence-electron chi connectivity index (χ2n) is 2.18. The Kier molecular flexibility index (Phi) is 4.51. The molecule has 0 N–H and O–H groups in total. The number of alkyl halides is 3. The standard InChI is InChI=1S/C8H12F3NO/c1-4-6(13-3)7(12-5-2)8(9,10)11/h4H,5H2,1-3H3/b6-4+,12-7?. The second-order valence-corrected chi connectivity index (χ2v) is 2.18. The monoisotopic (exact) mass is 195 g/mol. The van der Waals surface area contributed by atoms with E-state index >= 15 is 0 Å². The second kappa shape index (κ2) is 4.89. The molecule has 0 saturated heterocycles. The molecule has 0 saturated carbocycles. The summed E-state index contributed by atoms with van der Waals surface area (Å²) < 4.78 is 41.4. The van der Waals surface area contributed by atoms with Crippen molar-refractivity contribution >= 4 is 5.71 Å². The van der Waals surface area contributed by atoms with Gasteiger partial charge in [-0.15, -0.1) is 0 Å². The molecule has 0 aromatic heterocycles. The number of ether oxygens (including phenoxy) is 1. The molecule has 76 valence electrons. The average Bonchev–Trinajstić information content (AvgIpc) is 2.03. The van der Waals surface area contributed by atoms with E-state index in [-0.39, 0.29) is 12.3 Å². The number of hydrogen-bond acceptors (Lipinski definition) is 2. The van der Waals surface area contributed by atoms with Gasteiger partial charge in [-0.1, -0.05) is 0 Å². The van der Waals surface area contributed by atoms with Crippen LogP contribution in [0.4, 0.5) is 13.2 Å². The van der Waals surface area contributed by atoms with Crippen molar-refractivity contribution in [2.45, 2.75) is 20.0 Å². The molecule has 5 heteroatoms. The number of aliphatic imine (C=N–C) groups is 1. The van der Waals surface area contributed by atoms with Crippen molar-refractivity contribution < 1.29 is 17.9 Å². The SMILES string of the molecule is C/C=C(/OC)C(=NCC)C(F)(F)F. The van der Waals surface area contributed by atoms with E-state index in [0.29, 0.717) is 0 Å². The first-order valence-electron chi connectivity index (χ1n) is 3.79. The fourth-order valence-corrected chi connectivity index (χ4v) is 0.817. The Morgan fingerprint density at radius 3 is 2.23 bits per heavy atom. The van der Waals surface area contributed by atoms with Crippen LogP contribution in [0, 0.1) is 0 Å². The van der Waals surface area contributed by atoms with E-state index in [1.54, 1.807) is 0 Å². The van der Waals surface area contributed by atoms with Gasteiger partial charge in [0.1, 0.15) is 5.76 Å². The number of hydrogen-bond donors (Lipinski definition) is 0. The quantitative estimate of drug-likeness (QED) is 0.501. The Bertz CT molecular complexity index is 218. The van der Waals surface area contributed by atoms with Crippen LogP contribution < -0.4 is 0 Å². The van der Waals surface area contributed by atoms with Crippen LogP contribution in [-0.2, 0) is 4.74 Å².